The first kappa shape index (κ1) is 10.9. The molecular formula is C13H15ClN2O. The van der Waals surface area contributed by atoms with Gasteiger partial charge < -0.3 is 10.1 Å². The molecule has 0 saturated heterocycles. The van der Waals surface area contributed by atoms with E-state index >= 15 is 0 Å². The van der Waals surface area contributed by atoms with Gasteiger partial charge in [-0.05, 0) is 24.6 Å². The smallest absolute Gasteiger partial charge is 0.169 e. The molecule has 0 spiro atoms. The number of hydrogen-bond donors (Lipinski definition) is 1. The van der Waals surface area contributed by atoms with Gasteiger partial charge in [-0.2, -0.15) is 0 Å². The van der Waals surface area contributed by atoms with Gasteiger partial charge in [0.15, 0.2) is 5.60 Å². The summed E-state index contributed by atoms with van der Waals surface area (Å²) in [6.07, 6.45) is 1.76. The van der Waals surface area contributed by atoms with Crippen LogP contribution in [0.3, 0.4) is 0 Å². The van der Waals surface area contributed by atoms with Gasteiger partial charge in [-0.25, -0.2) is 0 Å². The lowest BCUT2D eigenvalue weighted by Crippen LogP contribution is -2.48. The summed E-state index contributed by atoms with van der Waals surface area (Å²) in [7, 11) is 0. The summed E-state index contributed by atoms with van der Waals surface area (Å²) < 4.78 is 6.13. The number of benzene rings is 1. The zero-order chi connectivity index (χ0) is 11.9. The van der Waals surface area contributed by atoms with Gasteiger partial charge in [0.05, 0.1) is 6.54 Å². The van der Waals surface area contributed by atoms with E-state index in [1.807, 2.05) is 18.2 Å². The number of hydrogen-bond acceptors (Lipinski definition) is 3. The van der Waals surface area contributed by atoms with Crippen molar-refractivity contribution in [3.8, 4) is 5.75 Å². The van der Waals surface area contributed by atoms with Crippen LogP contribution in [0.4, 0.5) is 0 Å². The maximum atomic E-state index is 6.13. The Morgan fingerprint density at radius 2 is 2.41 bits per heavy atom. The van der Waals surface area contributed by atoms with Crippen molar-refractivity contribution in [2.75, 3.05) is 13.1 Å². The molecule has 2 aliphatic heterocycles. The second-order valence-electron chi connectivity index (χ2n) is 4.54. The fraction of sp³-hybridized carbons (Fsp3) is 0.462. The van der Waals surface area contributed by atoms with Crippen LogP contribution < -0.4 is 10.1 Å². The van der Waals surface area contributed by atoms with Gasteiger partial charge in [0, 0.05) is 23.6 Å². The molecule has 17 heavy (non-hydrogen) atoms. The highest BCUT2D eigenvalue weighted by Gasteiger charge is 2.43. The van der Waals surface area contributed by atoms with Crippen molar-refractivity contribution >= 4 is 17.4 Å². The minimum absolute atomic E-state index is 0.302. The van der Waals surface area contributed by atoms with E-state index in [0.29, 0.717) is 0 Å². The number of halogens is 1. The Hall–Kier alpha value is -1.22. The lowest BCUT2D eigenvalue weighted by Gasteiger charge is -2.27. The molecule has 2 aliphatic rings. The minimum Gasteiger partial charge on any atom is -0.479 e. The van der Waals surface area contributed by atoms with Crippen molar-refractivity contribution in [3.63, 3.8) is 0 Å². The normalized spacial score (nSPS) is 26.1. The predicted molar refractivity (Wildman–Crippen MR) is 69.1 cm³/mol. The Morgan fingerprint density at radius 1 is 1.53 bits per heavy atom. The molecule has 1 atom stereocenters. The molecule has 0 amide bonds. The molecule has 90 valence electrons. The minimum atomic E-state index is -0.302. The van der Waals surface area contributed by atoms with Crippen LogP contribution >= 0.6 is 11.6 Å². The maximum absolute atomic E-state index is 6.13. The molecule has 0 aliphatic carbocycles. The molecule has 0 bridgehead atoms. The quantitative estimate of drug-likeness (QED) is 0.875. The Balaban J connectivity index is 1.97. The topological polar surface area (TPSA) is 33.6 Å². The van der Waals surface area contributed by atoms with Crippen LogP contribution in [0.15, 0.2) is 23.2 Å². The van der Waals surface area contributed by atoms with Gasteiger partial charge in [-0.3, -0.25) is 4.99 Å². The van der Waals surface area contributed by atoms with Gasteiger partial charge in [0.25, 0.3) is 0 Å². The van der Waals surface area contributed by atoms with Crippen molar-refractivity contribution in [1.82, 2.24) is 5.32 Å². The summed E-state index contributed by atoms with van der Waals surface area (Å²) in [6.45, 7) is 3.89. The highest BCUT2D eigenvalue weighted by Crippen LogP contribution is 2.39. The molecular weight excluding hydrogens is 236 g/mol. The van der Waals surface area contributed by atoms with Crippen LogP contribution in [0.25, 0.3) is 0 Å². The lowest BCUT2D eigenvalue weighted by atomic mass is 9.93. The largest absolute Gasteiger partial charge is 0.479 e. The summed E-state index contributed by atoms with van der Waals surface area (Å²) in [5.41, 5.74) is 0.875. The Morgan fingerprint density at radius 3 is 3.12 bits per heavy atom. The molecule has 2 heterocycles. The molecule has 0 aromatic heterocycles. The highest BCUT2D eigenvalue weighted by molar-refractivity contribution is 6.30. The van der Waals surface area contributed by atoms with Crippen LogP contribution in [0.5, 0.6) is 5.75 Å². The van der Waals surface area contributed by atoms with E-state index in [4.69, 9.17) is 16.3 Å². The fourth-order valence-electron chi connectivity index (χ4n) is 2.54. The molecule has 3 nitrogen and oxygen atoms in total. The fourth-order valence-corrected chi connectivity index (χ4v) is 2.73. The number of nitrogens with one attached hydrogen (secondary N) is 1. The molecule has 1 N–H and O–H groups in total. The summed E-state index contributed by atoms with van der Waals surface area (Å²) in [6, 6.07) is 5.81. The van der Waals surface area contributed by atoms with Crippen LogP contribution in [0, 0.1) is 0 Å². The van der Waals surface area contributed by atoms with Crippen molar-refractivity contribution in [1.29, 1.82) is 0 Å². The molecule has 1 aromatic rings. The number of ether oxygens (including phenoxy) is 1. The second kappa shape index (κ2) is 3.91. The van der Waals surface area contributed by atoms with Gasteiger partial charge in [0.2, 0.25) is 0 Å². The van der Waals surface area contributed by atoms with Crippen LogP contribution in [-0.4, -0.2) is 24.5 Å². The highest BCUT2D eigenvalue weighted by atomic mass is 35.5. The van der Waals surface area contributed by atoms with Crippen molar-refractivity contribution in [3.05, 3.63) is 28.8 Å². The van der Waals surface area contributed by atoms with Crippen LogP contribution in [-0.2, 0) is 6.42 Å². The van der Waals surface area contributed by atoms with Crippen molar-refractivity contribution < 1.29 is 4.74 Å². The van der Waals surface area contributed by atoms with Gasteiger partial charge in [-0.1, -0.05) is 18.5 Å². The second-order valence-corrected chi connectivity index (χ2v) is 4.97. The molecule has 0 saturated carbocycles. The van der Waals surface area contributed by atoms with Gasteiger partial charge >= 0.3 is 0 Å². The molecule has 3 rings (SSSR count). The Kier molecular flexibility index (Phi) is 2.51. The van der Waals surface area contributed by atoms with E-state index in [1.165, 1.54) is 5.56 Å². The zero-order valence-electron chi connectivity index (χ0n) is 9.79. The van der Waals surface area contributed by atoms with Crippen LogP contribution in [0.2, 0.25) is 5.02 Å². The van der Waals surface area contributed by atoms with Gasteiger partial charge in [0.1, 0.15) is 11.6 Å². The summed E-state index contributed by atoms with van der Waals surface area (Å²) >= 11 is 6.02. The monoisotopic (exact) mass is 250 g/mol. The van der Waals surface area contributed by atoms with E-state index in [0.717, 1.165) is 42.5 Å². The van der Waals surface area contributed by atoms with E-state index in [9.17, 15) is 0 Å². The first-order valence-corrected chi connectivity index (χ1v) is 6.37. The summed E-state index contributed by atoms with van der Waals surface area (Å²) in [5, 5.41) is 4.10. The third-order valence-corrected chi connectivity index (χ3v) is 3.72. The van der Waals surface area contributed by atoms with Crippen LogP contribution in [0.1, 0.15) is 18.9 Å². The molecule has 0 fully saturated rings. The Labute approximate surface area is 106 Å². The summed E-state index contributed by atoms with van der Waals surface area (Å²) in [5.74, 6) is 1.93. The maximum Gasteiger partial charge on any atom is 0.169 e. The first-order valence-electron chi connectivity index (χ1n) is 6.00. The van der Waals surface area contributed by atoms with Crippen molar-refractivity contribution in [2.45, 2.75) is 25.4 Å². The number of fused-ring (bicyclic) bond motifs is 1. The van der Waals surface area contributed by atoms with Crippen molar-refractivity contribution in [2.24, 2.45) is 4.99 Å². The van der Waals surface area contributed by atoms with E-state index < -0.39 is 0 Å². The van der Waals surface area contributed by atoms with E-state index in [-0.39, 0.29) is 5.60 Å². The third-order valence-electron chi connectivity index (χ3n) is 3.48. The summed E-state index contributed by atoms with van der Waals surface area (Å²) in [4.78, 5) is 4.51. The number of nitrogens with zero attached hydrogens (tertiary/aromatic N) is 1. The Bertz CT molecular complexity index is 486. The van der Waals surface area contributed by atoms with E-state index in [2.05, 4.69) is 17.2 Å². The number of rotatable bonds is 2. The first-order chi connectivity index (χ1) is 8.23. The molecule has 1 unspecified atom stereocenters. The lowest BCUT2D eigenvalue weighted by molar-refractivity contribution is 0.162. The average Bonchev–Trinajstić information content (AvgIpc) is 2.95. The van der Waals surface area contributed by atoms with Gasteiger partial charge in [-0.15, -0.1) is 0 Å². The predicted octanol–water partition coefficient (Wildman–Crippen LogP) is 2.43. The molecule has 0 radical (unpaired) electrons. The zero-order valence-corrected chi connectivity index (χ0v) is 10.5. The third kappa shape index (κ3) is 1.69. The SMILES string of the molecule is CCC1(C2=NCCN2)Cc2cc(Cl)ccc2O1. The number of aliphatic imine (C=N–C) groups is 1. The average molecular weight is 251 g/mol. The van der Waals surface area contributed by atoms with E-state index in [1.54, 1.807) is 0 Å². The number of amidine groups is 1. The molecule has 4 heteroatoms. The standard InChI is InChI=1S/C13H15ClN2O/c1-2-13(12-15-5-6-16-12)8-9-7-10(14)3-4-11(9)17-13/h3-4,7H,2,5-6,8H2,1H3,(H,15,16). The molecule has 1 aromatic carbocycles.